The molecule has 0 amide bonds. The van der Waals surface area contributed by atoms with E-state index in [9.17, 15) is 4.39 Å². The third-order valence-corrected chi connectivity index (χ3v) is 2.78. The molecule has 0 N–H and O–H groups in total. The molecule has 3 atom stereocenters. The summed E-state index contributed by atoms with van der Waals surface area (Å²) in [5.74, 6) is 0.496. The van der Waals surface area contributed by atoms with Crippen LogP contribution in [-0.2, 0) is 0 Å². The van der Waals surface area contributed by atoms with Gasteiger partial charge in [0.15, 0.2) is 0 Å². The molecule has 2 unspecified atom stereocenters. The maximum absolute atomic E-state index is 13.8. The van der Waals surface area contributed by atoms with Gasteiger partial charge < -0.3 is 0 Å². The summed E-state index contributed by atoms with van der Waals surface area (Å²) in [5, 5.41) is 0. The summed E-state index contributed by atoms with van der Waals surface area (Å²) in [6.45, 7) is 6.66. The zero-order valence-electron chi connectivity index (χ0n) is 8.63. The zero-order valence-corrected chi connectivity index (χ0v) is 8.63. The highest BCUT2D eigenvalue weighted by Gasteiger charge is 2.26. The standard InChI is InChI=1S/C11H18FN/c1-4-13-10-7-5-6-8(2)9(3)11(10)12/h5,7-9,11H,4,6H2,1-3H3/t8-,9?,11?/m0/s1. The van der Waals surface area contributed by atoms with Crippen LogP contribution in [0.3, 0.4) is 0 Å². The van der Waals surface area contributed by atoms with Crippen LogP contribution in [0, 0.1) is 11.8 Å². The van der Waals surface area contributed by atoms with Crippen LogP contribution in [0.2, 0.25) is 0 Å². The molecule has 0 bridgehead atoms. The summed E-state index contributed by atoms with van der Waals surface area (Å²) >= 11 is 0. The number of halogens is 1. The molecule has 0 aliphatic heterocycles. The Bertz CT molecular complexity index is 220. The van der Waals surface area contributed by atoms with Gasteiger partial charge in [-0.2, -0.15) is 0 Å². The monoisotopic (exact) mass is 183 g/mol. The van der Waals surface area contributed by atoms with Crippen molar-refractivity contribution in [1.29, 1.82) is 0 Å². The number of nitrogens with zero attached hydrogens (tertiary/aromatic N) is 1. The number of alkyl halides is 1. The first-order valence-electron chi connectivity index (χ1n) is 5.01. The molecule has 1 nitrogen and oxygen atoms in total. The van der Waals surface area contributed by atoms with Crippen molar-refractivity contribution in [2.45, 2.75) is 33.4 Å². The molecule has 0 aromatic carbocycles. The van der Waals surface area contributed by atoms with Crippen LogP contribution >= 0.6 is 0 Å². The quantitative estimate of drug-likeness (QED) is 0.592. The number of rotatable bonds is 1. The van der Waals surface area contributed by atoms with Crippen molar-refractivity contribution in [3.63, 3.8) is 0 Å². The van der Waals surface area contributed by atoms with Gasteiger partial charge in [-0.25, -0.2) is 4.39 Å². The average molecular weight is 183 g/mol. The molecule has 1 aliphatic carbocycles. The Hall–Kier alpha value is -0.660. The molecule has 1 rings (SSSR count). The highest BCUT2D eigenvalue weighted by molar-refractivity contribution is 5.99. The second kappa shape index (κ2) is 4.54. The van der Waals surface area contributed by atoms with Crippen molar-refractivity contribution in [3.05, 3.63) is 12.2 Å². The van der Waals surface area contributed by atoms with Crippen LogP contribution in [0.25, 0.3) is 0 Å². The lowest BCUT2D eigenvalue weighted by Gasteiger charge is -2.20. The minimum absolute atomic E-state index is 0.0836. The van der Waals surface area contributed by atoms with Gasteiger partial charge in [0.2, 0.25) is 0 Å². The van der Waals surface area contributed by atoms with Crippen molar-refractivity contribution in [2.24, 2.45) is 16.8 Å². The van der Waals surface area contributed by atoms with E-state index in [0.717, 1.165) is 6.42 Å². The Morgan fingerprint density at radius 2 is 2.23 bits per heavy atom. The largest absolute Gasteiger partial charge is 0.287 e. The zero-order chi connectivity index (χ0) is 9.84. The van der Waals surface area contributed by atoms with E-state index in [2.05, 4.69) is 11.9 Å². The highest BCUT2D eigenvalue weighted by atomic mass is 19.1. The van der Waals surface area contributed by atoms with Crippen molar-refractivity contribution in [1.82, 2.24) is 0 Å². The summed E-state index contributed by atoms with van der Waals surface area (Å²) < 4.78 is 13.8. The van der Waals surface area contributed by atoms with Crippen LogP contribution in [0.1, 0.15) is 27.2 Å². The molecule has 0 fully saturated rings. The molecular weight excluding hydrogens is 165 g/mol. The van der Waals surface area contributed by atoms with Gasteiger partial charge in [-0.15, -0.1) is 0 Å². The first kappa shape index (κ1) is 10.4. The fourth-order valence-corrected chi connectivity index (χ4v) is 1.59. The van der Waals surface area contributed by atoms with Crippen molar-refractivity contribution >= 4 is 5.71 Å². The smallest absolute Gasteiger partial charge is 0.144 e. The van der Waals surface area contributed by atoms with E-state index in [0.29, 0.717) is 18.2 Å². The number of hydrogen-bond donors (Lipinski definition) is 0. The number of hydrogen-bond acceptors (Lipinski definition) is 1. The van der Waals surface area contributed by atoms with E-state index >= 15 is 0 Å². The van der Waals surface area contributed by atoms with Gasteiger partial charge in [0.25, 0.3) is 0 Å². The molecular formula is C11H18FN. The molecule has 0 radical (unpaired) electrons. The molecule has 0 saturated heterocycles. The van der Waals surface area contributed by atoms with Gasteiger partial charge in [0.1, 0.15) is 6.17 Å². The van der Waals surface area contributed by atoms with E-state index in [4.69, 9.17) is 0 Å². The van der Waals surface area contributed by atoms with Gasteiger partial charge in [-0.3, -0.25) is 4.99 Å². The second-order valence-corrected chi connectivity index (χ2v) is 3.78. The number of aliphatic imine (C=N–C) groups is 1. The Morgan fingerprint density at radius 1 is 1.54 bits per heavy atom. The van der Waals surface area contributed by atoms with Crippen LogP contribution in [-0.4, -0.2) is 18.4 Å². The molecule has 0 aromatic heterocycles. The van der Waals surface area contributed by atoms with Gasteiger partial charge in [-0.05, 0) is 31.3 Å². The molecule has 74 valence electrons. The van der Waals surface area contributed by atoms with Crippen LogP contribution < -0.4 is 0 Å². The molecule has 13 heavy (non-hydrogen) atoms. The van der Waals surface area contributed by atoms with Gasteiger partial charge >= 0.3 is 0 Å². The Kier molecular flexibility index (Phi) is 3.64. The lowest BCUT2D eigenvalue weighted by atomic mass is 9.89. The van der Waals surface area contributed by atoms with E-state index in [1.54, 1.807) is 0 Å². The molecule has 0 heterocycles. The lowest BCUT2D eigenvalue weighted by molar-refractivity contribution is 0.252. The normalized spacial score (nSPS) is 37.8. The van der Waals surface area contributed by atoms with Crippen LogP contribution in [0.4, 0.5) is 4.39 Å². The molecule has 0 saturated carbocycles. The minimum Gasteiger partial charge on any atom is -0.287 e. The Labute approximate surface area is 79.8 Å². The van der Waals surface area contributed by atoms with E-state index < -0.39 is 6.17 Å². The average Bonchev–Trinajstić information content (AvgIpc) is 2.22. The summed E-state index contributed by atoms with van der Waals surface area (Å²) in [4.78, 5) is 4.16. The van der Waals surface area contributed by atoms with Crippen LogP contribution in [0.15, 0.2) is 17.1 Å². The Morgan fingerprint density at radius 3 is 2.85 bits per heavy atom. The third kappa shape index (κ3) is 2.39. The molecule has 2 heteroatoms. The SMILES string of the molecule is CCN=C1C=CC[C@H](C)C(C)C1F. The summed E-state index contributed by atoms with van der Waals surface area (Å²) in [6.07, 6.45) is 3.96. The highest BCUT2D eigenvalue weighted by Crippen LogP contribution is 2.25. The maximum Gasteiger partial charge on any atom is 0.144 e. The maximum atomic E-state index is 13.8. The fourth-order valence-electron chi connectivity index (χ4n) is 1.59. The summed E-state index contributed by atoms with van der Waals surface area (Å²) in [5.41, 5.74) is 0.624. The molecule has 1 aliphatic rings. The van der Waals surface area contributed by atoms with Gasteiger partial charge in [0.05, 0.1) is 5.71 Å². The van der Waals surface area contributed by atoms with Gasteiger partial charge in [0, 0.05) is 6.54 Å². The van der Waals surface area contributed by atoms with Crippen molar-refractivity contribution < 1.29 is 4.39 Å². The first-order chi connectivity index (χ1) is 6.16. The van der Waals surface area contributed by atoms with Crippen LogP contribution in [0.5, 0.6) is 0 Å². The van der Waals surface area contributed by atoms with Crippen molar-refractivity contribution in [2.75, 3.05) is 6.54 Å². The summed E-state index contributed by atoms with van der Waals surface area (Å²) in [7, 11) is 0. The van der Waals surface area contributed by atoms with E-state index in [-0.39, 0.29) is 5.92 Å². The second-order valence-electron chi connectivity index (χ2n) is 3.78. The summed E-state index contributed by atoms with van der Waals surface area (Å²) in [6, 6.07) is 0. The number of allylic oxidation sites excluding steroid dienone is 2. The topological polar surface area (TPSA) is 12.4 Å². The fraction of sp³-hybridized carbons (Fsp3) is 0.727. The minimum atomic E-state index is -0.881. The predicted molar refractivity (Wildman–Crippen MR) is 55.0 cm³/mol. The van der Waals surface area contributed by atoms with Gasteiger partial charge in [-0.1, -0.05) is 19.9 Å². The van der Waals surface area contributed by atoms with E-state index in [1.807, 2.05) is 26.0 Å². The first-order valence-corrected chi connectivity index (χ1v) is 5.01. The van der Waals surface area contributed by atoms with E-state index in [1.165, 1.54) is 0 Å². The predicted octanol–water partition coefficient (Wildman–Crippen LogP) is 3.02. The van der Waals surface area contributed by atoms with Crippen molar-refractivity contribution in [3.8, 4) is 0 Å². The molecule has 0 aromatic rings. The third-order valence-electron chi connectivity index (χ3n) is 2.78. The lowest BCUT2D eigenvalue weighted by Crippen LogP contribution is -2.25. The Balaban J connectivity index is 2.82. The molecule has 0 spiro atoms.